The van der Waals surface area contributed by atoms with Crippen LogP contribution in [-0.2, 0) is 7.05 Å². The Labute approximate surface area is 146 Å². The number of fused-ring (bicyclic) bond motifs is 1. The second kappa shape index (κ2) is 6.16. The molecule has 1 fully saturated rings. The lowest BCUT2D eigenvalue weighted by Gasteiger charge is -2.35. The van der Waals surface area contributed by atoms with E-state index in [1.165, 1.54) is 0 Å². The van der Waals surface area contributed by atoms with E-state index in [1.807, 2.05) is 52.7 Å². The first-order chi connectivity index (χ1) is 11.6. The third-order valence-corrected chi connectivity index (χ3v) is 5.90. The van der Waals surface area contributed by atoms with Crippen LogP contribution in [-0.4, -0.2) is 63.4 Å². The van der Waals surface area contributed by atoms with Crippen molar-refractivity contribution in [2.45, 2.75) is 12.2 Å². The summed E-state index contributed by atoms with van der Waals surface area (Å²) in [5.74, 6) is 0.140. The Hall–Kier alpha value is -1.95. The summed E-state index contributed by atoms with van der Waals surface area (Å²) in [5.41, 5.74) is 1.91. The van der Waals surface area contributed by atoms with E-state index in [-0.39, 0.29) is 5.91 Å². The van der Waals surface area contributed by atoms with Gasteiger partial charge < -0.3 is 14.4 Å². The van der Waals surface area contributed by atoms with E-state index in [9.17, 15) is 4.79 Å². The van der Waals surface area contributed by atoms with Gasteiger partial charge in [-0.1, -0.05) is 36.9 Å². The van der Waals surface area contributed by atoms with E-state index in [4.69, 9.17) is 0 Å². The fourth-order valence-electron chi connectivity index (χ4n) is 3.42. The maximum absolute atomic E-state index is 13.0. The van der Waals surface area contributed by atoms with Crippen molar-refractivity contribution in [1.29, 1.82) is 0 Å². The third kappa shape index (κ3) is 2.69. The van der Waals surface area contributed by atoms with Crippen LogP contribution in [0.3, 0.4) is 0 Å². The maximum Gasteiger partial charge on any atom is 0.256 e. The monoisotopic (exact) mass is 342 g/mol. The van der Waals surface area contributed by atoms with E-state index < -0.39 is 0 Å². The molecule has 1 aromatic carbocycles. The van der Waals surface area contributed by atoms with Crippen LogP contribution in [0.25, 0.3) is 10.9 Å². The Morgan fingerprint density at radius 1 is 1.21 bits per heavy atom. The molecule has 0 radical (unpaired) electrons. The molecule has 24 heavy (non-hydrogen) atoms. The summed E-state index contributed by atoms with van der Waals surface area (Å²) in [6, 6.07) is 8.09. The molecule has 0 spiro atoms. The van der Waals surface area contributed by atoms with E-state index >= 15 is 0 Å². The van der Waals surface area contributed by atoms with Gasteiger partial charge in [0.1, 0.15) is 0 Å². The second-order valence-electron chi connectivity index (χ2n) is 6.50. The Morgan fingerprint density at radius 2 is 1.96 bits per heavy atom. The predicted octanol–water partition coefficient (Wildman–Crippen LogP) is 2.43. The van der Waals surface area contributed by atoms with Crippen LogP contribution in [0.1, 0.15) is 17.3 Å². The molecule has 1 atom stereocenters. The van der Waals surface area contributed by atoms with Gasteiger partial charge in [0.25, 0.3) is 5.91 Å². The number of piperazine rings is 1. The SMILES string of the molecule is C[C@H]1CN=C(N2CCN(C(=O)c3cn(C)c4ccccc34)CC2)S1. The summed E-state index contributed by atoms with van der Waals surface area (Å²) in [4.78, 5) is 21.9. The quantitative estimate of drug-likeness (QED) is 0.799. The van der Waals surface area contributed by atoms with Crippen molar-refractivity contribution < 1.29 is 4.79 Å². The van der Waals surface area contributed by atoms with Gasteiger partial charge in [-0.05, 0) is 6.07 Å². The average Bonchev–Trinajstić information content (AvgIpc) is 3.19. The van der Waals surface area contributed by atoms with Crippen LogP contribution in [0.15, 0.2) is 35.5 Å². The fraction of sp³-hybridized carbons (Fsp3) is 0.444. The van der Waals surface area contributed by atoms with Crippen LogP contribution < -0.4 is 0 Å². The highest BCUT2D eigenvalue weighted by molar-refractivity contribution is 8.14. The minimum absolute atomic E-state index is 0.140. The van der Waals surface area contributed by atoms with E-state index in [1.54, 1.807) is 0 Å². The minimum Gasteiger partial charge on any atom is -0.350 e. The van der Waals surface area contributed by atoms with Gasteiger partial charge in [-0.2, -0.15) is 0 Å². The van der Waals surface area contributed by atoms with Gasteiger partial charge in [-0.15, -0.1) is 0 Å². The summed E-state index contributed by atoms with van der Waals surface area (Å²) < 4.78 is 2.03. The largest absolute Gasteiger partial charge is 0.350 e. The number of carbonyl (C=O) groups is 1. The standard InChI is InChI=1S/C18H22N4OS/c1-13-11-19-18(24-13)22-9-7-21(8-10-22)17(23)15-12-20(2)16-6-4-3-5-14(15)16/h3-6,12-13H,7-11H2,1-2H3/t13-/m0/s1. The molecule has 6 heteroatoms. The average molecular weight is 342 g/mol. The van der Waals surface area contributed by atoms with Gasteiger partial charge in [0.15, 0.2) is 5.17 Å². The molecular weight excluding hydrogens is 320 g/mol. The highest BCUT2D eigenvalue weighted by atomic mass is 32.2. The first kappa shape index (κ1) is 15.6. The zero-order valence-electron chi connectivity index (χ0n) is 14.1. The lowest BCUT2D eigenvalue weighted by molar-refractivity contribution is 0.0695. The molecule has 3 heterocycles. The molecule has 0 unspecified atom stereocenters. The summed E-state index contributed by atoms with van der Waals surface area (Å²) >= 11 is 1.85. The van der Waals surface area contributed by atoms with Crippen molar-refractivity contribution in [3.63, 3.8) is 0 Å². The number of amides is 1. The van der Waals surface area contributed by atoms with Crippen LogP contribution in [0, 0.1) is 0 Å². The number of hydrogen-bond acceptors (Lipinski definition) is 4. The molecule has 0 aliphatic carbocycles. The summed E-state index contributed by atoms with van der Waals surface area (Å²) in [6.45, 7) is 6.38. The number of benzene rings is 1. The maximum atomic E-state index is 13.0. The molecule has 126 valence electrons. The van der Waals surface area contributed by atoms with E-state index in [0.29, 0.717) is 5.25 Å². The number of nitrogens with zero attached hydrogens (tertiary/aromatic N) is 4. The van der Waals surface area contributed by atoms with Crippen molar-refractivity contribution in [3.8, 4) is 0 Å². The number of aromatic nitrogens is 1. The number of hydrogen-bond donors (Lipinski definition) is 0. The highest BCUT2D eigenvalue weighted by Crippen LogP contribution is 2.25. The number of carbonyl (C=O) groups excluding carboxylic acids is 1. The molecule has 1 saturated heterocycles. The van der Waals surface area contributed by atoms with E-state index in [2.05, 4.69) is 22.9 Å². The molecule has 1 aromatic heterocycles. The van der Waals surface area contributed by atoms with Crippen molar-refractivity contribution in [3.05, 3.63) is 36.0 Å². The van der Waals surface area contributed by atoms with Crippen LogP contribution in [0.5, 0.6) is 0 Å². The van der Waals surface area contributed by atoms with Gasteiger partial charge in [0.2, 0.25) is 0 Å². The highest BCUT2D eigenvalue weighted by Gasteiger charge is 2.28. The van der Waals surface area contributed by atoms with Crippen molar-refractivity contribution in [2.24, 2.45) is 12.0 Å². The van der Waals surface area contributed by atoms with Gasteiger partial charge >= 0.3 is 0 Å². The van der Waals surface area contributed by atoms with Gasteiger partial charge in [0, 0.05) is 55.6 Å². The Bertz CT molecular complexity index is 804. The number of aliphatic imine (C=N–C) groups is 1. The Morgan fingerprint density at radius 3 is 2.67 bits per heavy atom. The zero-order chi connectivity index (χ0) is 16.7. The number of amidine groups is 1. The number of rotatable bonds is 1. The molecule has 5 nitrogen and oxygen atoms in total. The normalized spacial score (nSPS) is 21.4. The molecule has 4 rings (SSSR count). The van der Waals surface area contributed by atoms with Crippen LogP contribution in [0.4, 0.5) is 0 Å². The molecule has 1 amide bonds. The van der Waals surface area contributed by atoms with Gasteiger partial charge in [0.05, 0.1) is 12.1 Å². The lowest BCUT2D eigenvalue weighted by atomic mass is 10.1. The molecule has 0 N–H and O–H groups in total. The first-order valence-electron chi connectivity index (χ1n) is 8.43. The summed E-state index contributed by atoms with van der Waals surface area (Å²) in [5, 5.41) is 2.77. The smallest absolute Gasteiger partial charge is 0.256 e. The van der Waals surface area contributed by atoms with Crippen molar-refractivity contribution in [2.75, 3.05) is 32.7 Å². The van der Waals surface area contributed by atoms with Crippen LogP contribution >= 0.6 is 11.8 Å². The van der Waals surface area contributed by atoms with Gasteiger partial charge in [-0.3, -0.25) is 9.79 Å². The summed E-state index contributed by atoms with van der Waals surface area (Å²) in [7, 11) is 1.99. The predicted molar refractivity (Wildman–Crippen MR) is 99.8 cm³/mol. The number of thioether (sulfide) groups is 1. The van der Waals surface area contributed by atoms with Crippen LogP contribution in [0.2, 0.25) is 0 Å². The minimum atomic E-state index is 0.140. The van der Waals surface area contributed by atoms with Crippen molar-refractivity contribution in [1.82, 2.24) is 14.4 Å². The molecule has 2 aliphatic rings. The Kier molecular flexibility index (Phi) is 4.00. The Balaban J connectivity index is 1.48. The number of para-hydroxylation sites is 1. The molecular formula is C18H22N4OS. The molecule has 2 aromatic rings. The molecule has 0 bridgehead atoms. The lowest BCUT2D eigenvalue weighted by Crippen LogP contribution is -2.49. The summed E-state index contributed by atoms with van der Waals surface area (Å²) in [6.07, 6.45) is 1.96. The third-order valence-electron chi connectivity index (χ3n) is 4.76. The molecule has 2 aliphatic heterocycles. The van der Waals surface area contributed by atoms with E-state index in [0.717, 1.165) is 54.4 Å². The molecule has 0 saturated carbocycles. The second-order valence-corrected chi connectivity index (χ2v) is 7.91. The first-order valence-corrected chi connectivity index (χ1v) is 9.31. The van der Waals surface area contributed by atoms with Gasteiger partial charge in [-0.25, -0.2) is 0 Å². The topological polar surface area (TPSA) is 40.8 Å². The number of aryl methyl sites for hydroxylation is 1. The van der Waals surface area contributed by atoms with Crippen molar-refractivity contribution >= 4 is 33.7 Å². The fourth-order valence-corrected chi connectivity index (χ4v) is 4.41. The zero-order valence-corrected chi connectivity index (χ0v) is 14.9.